The van der Waals surface area contributed by atoms with Crippen molar-refractivity contribution in [1.82, 2.24) is 20.6 Å². The molecule has 3 N–H and O–H groups in total. The Hall–Kier alpha value is -4.32. The van der Waals surface area contributed by atoms with Crippen molar-refractivity contribution >= 4 is 27.6 Å². The van der Waals surface area contributed by atoms with Crippen LogP contribution in [-0.2, 0) is 10.0 Å². The van der Waals surface area contributed by atoms with E-state index in [0.29, 0.717) is 5.56 Å². The van der Waals surface area contributed by atoms with Gasteiger partial charge in [-0.3, -0.25) is 19.9 Å². The predicted molar refractivity (Wildman–Crippen MR) is 112 cm³/mol. The number of pyridine rings is 1. The molecule has 2 heterocycles. The van der Waals surface area contributed by atoms with Gasteiger partial charge in [0.25, 0.3) is 15.9 Å². The Morgan fingerprint density at radius 1 is 0.969 bits per heavy atom. The van der Waals surface area contributed by atoms with Gasteiger partial charge in [0.05, 0.1) is 16.1 Å². The number of sulfonamides is 1. The maximum atomic E-state index is 13.1. The largest absolute Gasteiger partial charge is 0.340 e. The van der Waals surface area contributed by atoms with Crippen LogP contribution in [0.15, 0.2) is 82.5 Å². The van der Waals surface area contributed by atoms with E-state index < -0.39 is 21.7 Å². The first-order valence-corrected chi connectivity index (χ1v) is 10.6. The average Bonchev–Trinajstić information content (AvgIpc) is 3.28. The lowest BCUT2D eigenvalue weighted by molar-refractivity contribution is 0.0962. The first-order valence-electron chi connectivity index (χ1n) is 9.10. The lowest BCUT2D eigenvalue weighted by Gasteiger charge is -2.12. The zero-order chi connectivity index (χ0) is 22.6. The number of benzene rings is 2. The van der Waals surface area contributed by atoms with Gasteiger partial charge in [-0.25, -0.2) is 18.2 Å². The fraction of sp³-hybridized carbons (Fsp3) is 0. The zero-order valence-electron chi connectivity index (χ0n) is 16.2. The molecule has 4 aromatic rings. The summed E-state index contributed by atoms with van der Waals surface area (Å²) >= 11 is 0. The number of hydrogen-bond donors (Lipinski definition) is 3. The van der Waals surface area contributed by atoms with Crippen LogP contribution in [0.1, 0.15) is 10.4 Å². The second-order valence-corrected chi connectivity index (χ2v) is 8.03. The smallest absolute Gasteiger partial charge is 0.313 e. The van der Waals surface area contributed by atoms with E-state index in [9.17, 15) is 17.6 Å². The van der Waals surface area contributed by atoms with Crippen molar-refractivity contribution in [3.8, 4) is 11.4 Å². The van der Waals surface area contributed by atoms with Crippen molar-refractivity contribution < 1.29 is 22.1 Å². The lowest BCUT2D eigenvalue weighted by Crippen LogP contribution is -2.30. The van der Waals surface area contributed by atoms with Crippen molar-refractivity contribution in [2.45, 2.75) is 4.90 Å². The third-order valence-corrected chi connectivity index (χ3v) is 5.57. The van der Waals surface area contributed by atoms with Gasteiger partial charge < -0.3 is 4.52 Å². The standard InChI is InChI=1S/C20H15FN6O4S/c21-14-5-7-15(8-6-14)32(29,30)27-17-4-2-1-3-16(17)19(28)24-25-20-23-18(26-31-20)13-9-11-22-12-10-13/h1-12,27H,(H,24,28)(H,23,25,26). The molecule has 0 aliphatic heterocycles. The topological polar surface area (TPSA) is 139 Å². The molecule has 2 aromatic carbocycles. The lowest BCUT2D eigenvalue weighted by atomic mass is 10.2. The molecule has 0 spiro atoms. The number of anilines is 2. The molecule has 0 fully saturated rings. The van der Waals surface area contributed by atoms with Crippen LogP contribution in [0.4, 0.5) is 16.1 Å². The summed E-state index contributed by atoms with van der Waals surface area (Å²) in [4.78, 5) is 20.5. The van der Waals surface area contributed by atoms with Gasteiger partial charge in [-0.1, -0.05) is 17.3 Å². The van der Waals surface area contributed by atoms with Crippen LogP contribution in [0.5, 0.6) is 0 Å². The average molecular weight is 454 g/mol. The van der Waals surface area contributed by atoms with Gasteiger partial charge in [0, 0.05) is 18.0 Å². The van der Waals surface area contributed by atoms with E-state index in [4.69, 9.17) is 4.52 Å². The molecule has 0 bridgehead atoms. The van der Waals surface area contributed by atoms with Gasteiger partial charge in [-0.2, -0.15) is 4.98 Å². The van der Waals surface area contributed by atoms with E-state index in [2.05, 4.69) is 30.7 Å². The molecule has 0 radical (unpaired) electrons. The van der Waals surface area contributed by atoms with Gasteiger partial charge >= 0.3 is 6.01 Å². The van der Waals surface area contributed by atoms with E-state index in [0.717, 1.165) is 24.3 Å². The minimum Gasteiger partial charge on any atom is -0.313 e. The molecule has 32 heavy (non-hydrogen) atoms. The Kier molecular flexibility index (Phi) is 5.77. The fourth-order valence-corrected chi connectivity index (χ4v) is 3.74. The number of hydrogen-bond acceptors (Lipinski definition) is 8. The minimum atomic E-state index is -4.04. The van der Waals surface area contributed by atoms with Crippen LogP contribution in [0.2, 0.25) is 0 Å². The quantitative estimate of drug-likeness (QED) is 0.362. The number of nitrogens with zero attached hydrogens (tertiary/aromatic N) is 3. The molecule has 0 unspecified atom stereocenters. The highest BCUT2D eigenvalue weighted by Gasteiger charge is 2.19. The summed E-state index contributed by atoms with van der Waals surface area (Å²) in [6.07, 6.45) is 3.15. The highest BCUT2D eigenvalue weighted by Crippen LogP contribution is 2.21. The van der Waals surface area contributed by atoms with Crippen LogP contribution in [-0.4, -0.2) is 29.4 Å². The van der Waals surface area contributed by atoms with Crippen LogP contribution in [0.3, 0.4) is 0 Å². The Bertz CT molecular complexity index is 1340. The maximum absolute atomic E-state index is 13.1. The van der Waals surface area contributed by atoms with Crippen molar-refractivity contribution in [3.05, 3.63) is 84.4 Å². The third kappa shape index (κ3) is 4.70. The molecule has 0 saturated carbocycles. The van der Waals surface area contributed by atoms with E-state index in [1.807, 2.05) is 0 Å². The summed E-state index contributed by atoms with van der Waals surface area (Å²) in [5.74, 6) is -0.939. The summed E-state index contributed by atoms with van der Waals surface area (Å²) in [5.41, 5.74) is 5.58. The highest BCUT2D eigenvalue weighted by molar-refractivity contribution is 7.92. The number of amides is 1. The number of para-hydroxylation sites is 1. The van der Waals surface area contributed by atoms with Crippen LogP contribution in [0, 0.1) is 5.82 Å². The first kappa shape index (κ1) is 20.9. The minimum absolute atomic E-state index is 0.0270. The summed E-state index contributed by atoms with van der Waals surface area (Å²) in [6.45, 7) is 0. The van der Waals surface area contributed by atoms with Gasteiger partial charge in [0.1, 0.15) is 5.82 Å². The molecule has 12 heteroatoms. The molecule has 4 rings (SSSR count). The number of halogens is 1. The van der Waals surface area contributed by atoms with E-state index >= 15 is 0 Å². The Morgan fingerprint density at radius 2 is 1.69 bits per heavy atom. The summed E-state index contributed by atoms with van der Waals surface area (Å²) in [5, 5.41) is 3.80. The van der Waals surface area contributed by atoms with E-state index in [1.54, 1.807) is 36.7 Å². The Morgan fingerprint density at radius 3 is 2.44 bits per heavy atom. The van der Waals surface area contributed by atoms with Gasteiger partial charge in [0.15, 0.2) is 0 Å². The molecule has 0 saturated heterocycles. The molecule has 0 atom stereocenters. The van der Waals surface area contributed by atoms with Crippen molar-refractivity contribution in [1.29, 1.82) is 0 Å². The second-order valence-electron chi connectivity index (χ2n) is 6.34. The molecule has 10 nitrogen and oxygen atoms in total. The van der Waals surface area contributed by atoms with Crippen LogP contribution in [0.25, 0.3) is 11.4 Å². The van der Waals surface area contributed by atoms with Gasteiger partial charge in [-0.05, 0) is 48.5 Å². The van der Waals surface area contributed by atoms with Gasteiger partial charge in [-0.15, -0.1) is 0 Å². The molecule has 1 amide bonds. The fourth-order valence-electron chi connectivity index (χ4n) is 2.66. The highest BCUT2D eigenvalue weighted by atomic mass is 32.2. The van der Waals surface area contributed by atoms with Gasteiger partial charge in [0.2, 0.25) is 5.82 Å². The predicted octanol–water partition coefficient (Wildman–Crippen LogP) is 2.83. The Labute approximate surface area is 181 Å². The molecular weight excluding hydrogens is 439 g/mol. The number of hydrazine groups is 1. The number of carbonyl (C=O) groups excluding carboxylic acids is 1. The van der Waals surface area contributed by atoms with Crippen molar-refractivity contribution in [2.24, 2.45) is 0 Å². The number of rotatable bonds is 7. The molecular formula is C20H15FN6O4S. The van der Waals surface area contributed by atoms with Crippen LogP contribution < -0.4 is 15.6 Å². The van der Waals surface area contributed by atoms with E-state index in [1.165, 1.54) is 12.1 Å². The molecule has 162 valence electrons. The molecule has 2 aromatic heterocycles. The number of aromatic nitrogens is 3. The Balaban J connectivity index is 1.47. The molecule has 0 aliphatic carbocycles. The number of nitrogens with one attached hydrogen (secondary N) is 3. The first-order chi connectivity index (χ1) is 15.4. The summed E-state index contributed by atoms with van der Waals surface area (Å²) in [6, 6.07) is 13.6. The normalized spacial score (nSPS) is 11.0. The molecule has 0 aliphatic rings. The van der Waals surface area contributed by atoms with Crippen molar-refractivity contribution in [2.75, 3.05) is 10.1 Å². The zero-order valence-corrected chi connectivity index (χ0v) is 17.0. The summed E-state index contributed by atoms with van der Waals surface area (Å²) < 4.78 is 45.6. The maximum Gasteiger partial charge on any atom is 0.340 e. The van der Waals surface area contributed by atoms with Crippen LogP contribution >= 0.6 is 0 Å². The van der Waals surface area contributed by atoms with Crippen molar-refractivity contribution in [3.63, 3.8) is 0 Å². The SMILES string of the molecule is O=C(NNc1nc(-c2ccncc2)no1)c1ccccc1NS(=O)(=O)c1ccc(F)cc1. The second kappa shape index (κ2) is 8.81. The monoisotopic (exact) mass is 454 g/mol. The number of carbonyl (C=O) groups is 1. The third-order valence-electron chi connectivity index (χ3n) is 4.19. The van der Waals surface area contributed by atoms with E-state index in [-0.39, 0.29) is 28.0 Å². The summed E-state index contributed by atoms with van der Waals surface area (Å²) in [7, 11) is -4.04.